The Labute approximate surface area is 126 Å². The van der Waals surface area contributed by atoms with Crippen LogP contribution in [0.15, 0.2) is 41.2 Å². The van der Waals surface area contributed by atoms with Crippen LogP contribution in [0.5, 0.6) is 0 Å². The molecule has 0 atom stereocenters. The Kier molecular flexibility index (Phi) is 3.50. The molecule has 0 saturated carbocycles. The SMILES string of the molecule is Cc1ccc(C(=O)OCc2nc3ccccc3c(=O)[nH]2)n1C. The predicted molar refractivity (Wildman–Crippen MR) is 81.6 cm³/mol. The largest absolute Gasteiger partial charge is 0.453 e. The molecule has 0 aliphatic heterocycles. The standard InChI is InChI=1S/C16H15N3O3/c1-10-7-8-13(19(10)2)16(21)22-9-14-17-12-6-4-3-5-11(12)15(20)18-14/h3-8H,9H2,1-2H3,(H,17,18,20). The number of nitrogens with zero attached hydrogens (tertiary/aromatic N) is 2. The molecule has 3 rings (SSSR count). The lowest BCUT2D eigenvalue weighted by Gasteiger charge is -2.07. The summed E-state index contributed by atoms with van der Waals surface area (Å²) in [5.74, 6) is -0.130. The average Bonchev–Trinajstić information content (AvgIpc) is 2.85. The Morgan fingerprint density at radius 1 is 1.27 bits per heavy atom. The predicted octanol–water partition coefficient (Wildman–Crippen LogP) is 1.93. The topological polar surface area (TPSA) is 77.0 Å². The summed E-state index contributed by atoms with van der Waals surface area (Å²) in [4.78, 5) is 30.9. The first kappa shape index (κ1) is 14.1. The molecule has 6 heteroatoms. The molecule has 112 valence electrons. The van der Waals surface area contributed by atoms with Gasteiger partial charge in [0.05, 0.1) is 10.9 Å². The van der Waals surface area contributed by atoms with E-state index in [4.69, 9.17) is 4.74 Å². The average molecular weight is 297 g/mol. The van der Waals surface area contributed by atoms with Gasteiger partial charge in [-0.15, -0.1) is 0 Å². The van der Waals surface area contributed by atoms with Gasteiger partial charge in [-0.1, -0.05) is 12.1 Å². The van der Waals surface area contributed by atoms with Gasteiger partial charge in [-0.3, -0.25) is 4.79 Å². The van der Waals surface area contributed by atoms with Gasteiger partial charge >= 0.3 is 5.97 Å². The van der Waals surface area contributed by atoms with E-state index in [-0.39, 0.29) is 12.2 Å². The molecular weight excluding hydrogens is 282 g/mol. The van der Waals surface area contributed by atoms with E-state index in [1.807, 2.05) is 13.0 Å². The molecule has 6 nitrogen and oxygen atoms in total. The number of aromatic nitrogens is 3. The van der Waals surface area contributed by atoms with Gasteiger partial charge in [0, 0.05) is 12.7 Å². The van der Waals surface area contributed by atoms with Crippen molar-refractivity contribution in [2.24, 2.45) is 7.05 Å². The minimum Gasteiger partial charge on any atom is -0.453 e. The van der Waals surface area contributed by atoms with Crippen molar-refractivity contribution < 1.29 is 9.53 Å². The minimum atomic E-state index is -0.452. The monoisotopic (exact) mass is 297 g/mol. The highest BCUT2D eigenvalue weighted by Gasteiger charge is 2.13. The molecule has 0 fully saturated rings. The quantitative estimate of drug-likeness (QED) is 0.749. The van der Waals surface area contributed by atoms with Crippen LogP contribution in [0.25, 0.3) is 10.9 Å². The first-order chi connectivity index (χ1) is 10.6. The summed E-state index contributed by atoms with van der Waals surface area (Å²) >= 11 is 0. The summed E-state index contributed by atoms with van der Waals surface area (Å²) < 4.78 is 6.97. The summed E-state index contributed by atoms with van der Waals surface area (Å²) in [6.07, 6.45) is 0. The molecule has 2 aromatic heterocycles. The molecule has 1 N–H and O–H groups in total. The van der Waals surface area contributed by atoms with E-state index < -0.39 is 5.97 Å². The Hall–Kier alpha value is -2.89. The van der Waals surface area contributed by atoms with E-state index in [1.54, 1.807) is 41.9 Å². The number of rotatable bonds is 3. The molecule has 0 bridgehead atoms. The summed E-state index contributed by atoms with van der Waals surface area (Å²) in [6.45, 7) is 1.82. The van der Waals surface area contributed by atoms with Gasteiger partial charge in [-0.05, 0) is 31.2 Å². The van der Waals surface area contributed by atoms with Gasteiger partial charge in [0.25, 0.3) is 5.56 Å². The number of hydrogen-bond donors (Lipinski definition) is 1. The van der Waals surface area contributed by atoms with Crippen molar-refractivity contribution in [1.29, 1.82) is 0 Å². The lowest BCUT2D eigenvalue weighted by atomic mass is 10.2. The minimum absolute atomic E-state index is 0.0802. The number of aryl methyl sites for hydroxylation is 1. The number of aromatic amines is 1. The molecule has 3 aromatic rings. The fraction of sp³-hybridized carbons (Fsp3) is 0.188. The Balaban J connectivity index is 1.81. The highest BCUT2D eigenvalue weighted by Crippen LogP contribution is 2.09. The third kappa shape index (κ3) is 2.50. The van der Waals surface area contributed by atoms with E-state index in [2.05, 4.69) is 9.97 Å². The number of benzene rings is 1. The second kappa shape index (κ2) is 5.48. The number of ether oxygens (including phenoxy) is 1. The van der Waals surface area contributed by atoms with Crippen molar-refractivity contribution in [1.82, 2.24) is 14.5 Å². The van der Waals surface area contributed by atoms with Crippen molar-refractivity contribution in [3.8, 4) is 0 Å². The molecule has 22 heavy (non-hydrogen) atoms. The van der Waals surface area contributed by atoms with Gasteiger partial charge in [-0.25, -0.2) is 9.78 Å². The van der Waals surface area contributed by atoms with Gasteiger partial charge in [0.15, 0.2) is 0 Å². The zero-order valence-electron chi connectivity index (χ0n) is 12.3. The number of carbonyl (C=O) groups excluding carboxylic acids is 1. The molecule has 2 heterocycles. The number of para-hydroxylation sites is 1. The van der Waals surface area contributed by atoms with Crippen molar-refractivity contribution in [3.05, 3.63) is 64.0 Å². The van der Waals surface area contributed by atoms with Crippen LogP contribution >= 0.6 is 0 Å². The number of nitrogens with one attached hydrogen (secondary N) is 1. The molecule has 0 radical (unpaired) electrons. The highest BCUT2D eigenvalue weighted by atomic mass is 16.5. The van der Waals surface area contributed by atoms with Gasteiger partial charge in [-0.2, -0.15) is 0 Å². The Morgan fingerprint density at radius 2 is 2.05 bits per heavy atom. The highest BCUT2D eigenvalue weighted by molar-refractivity contribution is 5.87. The maximum atomic E-state index is 12.0. The van der Waals surface area contributed by atoms with Crippen LogP contribution in [-0.4, -0.2) is 20.5 Å². The Bertz CT molecular complexity index is 908. The number of esters is 1. The lowest BCUT2D eigenvalue weighted by Crippen LogP contribution is -2.15. The summed E-state index contributed by atoms with van der Waals surface area (Å²) in [7, 11) is 1.79. The number of carbonyl (C=O) groups is 1. The second-order valence-electron chi connectivity index (χ2n) is 5.02. The maximum Gasteiger partial charge on any atom is 0.355 e. The first-order valence-electron chi connectivity index (χ1n) is 6.83. The first-order valence-corrected chi connectivity index (χ1v) is 6.83. The van der Waals surface area contributed by atoms with Gasteiger partial charge in [0.2, 0.25) is 0 Å². The van der Waals surface area contributed by atoms with E-state index in [0.29, 0.717) is 22.4 Å². The Morgan fingerprint density at radius 3 is 2.77 bits per heavy atom. The molecule has 1 aromatic carbocycles. The van der Waals surface area contributed by atoms with Gasteiger partial charge < -0.3 is 14.3 Å². The molecular formula is C16H15N3O3. The molecule has 0 aliphatic rings. The van der Waals surface area contributed by atoms with Crippen LogP contribution in [-0.2, 0) is 18.4 Å². The van der Waals surface area contributed by atoms with Crippen molar-refractivity contribution in [2.45, 2.75) is 13.5 Å². The third-order valence-electron chi connectivity index (χ3n) is 3.58. The van der Waals surface area contributed by atoms with Crippen molar-refractivity contribution >= 4 is 16.9 Å². The lowest BCUT2D eigenvalue weighted by molar-refractivity contribution is 0.0451. The summed E-state index contributed by atoms with van der Waals surface area (Å²) in [6, 6.07) is 10.6. The van der Waals surface area contributed by atoms with E-state index in [0.717, 1.165) is 5.69 Å². The van der Waals surface area contributed by atoms with E-state index >= 15 is 0 Å². The molecule has 0 amide bonds. The van der Waals surface area contributed by atoms with Crippen LogP contribution in [0.1, 0.15) is 22.0 Å². The fourth-order valence-electron chi connectivity index (χ4n) is 2.23. The maximum absolute atomic E-state index is 12.0. The van der Waals surface area contributed by atoms with Crippen LogP contribution < -0.4 is 5.56 Å². The molecule has 0 unspecified atom stereocenters. The van der Waals surface area contributed by atoms with Crippen LogP contribution in [0, 0.1) is 6.92 Å². The smallest absolute Gasteiger partial charge is 0.355 e. The van der Waals surface area contributed by atoms with E-state index in [1.165, 1.54) is 0 Å². The normalized spacial score (nSPS) is 10.8. The van der Waals surface area contributed by atoms with Crippen LogP contribution in [0.4, 0.5) is 0 Å². The zero-order valence-corrected chi connectivity index (χ0v) is 12.3. The number of H-pyrrole nitrogens is 1. The van der Waals surface area contributed by atoms with Crippen molar-refractivity contribution in [2.75, 3.05) is 0 Å². The number of hydrogen-bond acceptors (Lipinski definition) is 4. The molecule has 0 spiro atoms. The van der Waals surface area contributed by atoms with Crippen LogP contribution in [0.2, 0.25) is 0 Å². The van der Waals surface area contributed by atoms with E-state index in [9.17, 15) is 9.59 Å². The van der Waals surface area contributed by atoms with Gasteiger partial charge in [0.1, 0.15) is 18.1 Å². The summed E-state index contributed by atoms with van der Waals surface area (Å²) in [5, 5.41) is 0.510. The fourth-order valence-corrected chi connectivity index (χ4v) is 2.23. The number of fused-ring (bicyclic) bond motifs is 1. The second-order valence-corrected chi connectivity index (χ2v) is 5.02. The third-order valence-corrected chi connectivity index (χ3v) is 3.58. The van der Waals surface area contributed by atoms with Crippen molar-refractivity contribution in [3.63, 3.8) is 0 Å². The zero-order chi connectivity index (χ0) is 15.7. The molecule has 0 aliphatic carbocycles. The summed E-state index contributed by atoms with van der Waals surface area (Å²) in [5.41, 5.74) is 1.75. The molecule has 0 saturated heterocycles. The van der Waals surface area contributed by atoms with Crippen LogP contribution in [0.3, 0.4) is 0 Å².